The van der Waals surface area contributed by atoms with Crippen molar-refractivity contribution in [1.82, 2.24) is 0 Å². The minimum Gasteiger partial charge on any atom is -0.534 e. The van der Waals surface area contributed by atoms with Gasteiger partial charge in [-0.2, -0.15) is 0 Å². The molecular weight excluding hydrogens is 525 g/mol. The summed E-state index contributed by atoms with van der Waals surface area (Å²) in [4.78, 5) is 0. The van der Waals surface area contributed by atoms with Crippen molar-refractivity contribution in [1.29, 1.82) is 0 Å². The van der Waals surface area contributed by atoms with E-state index in [-0.39, 0.29) is 22.1 Å². The third kappa shape index (κ3) is 6.02. The summed E-state index contributed by atoms with van der Waals surface area (Å²) >= 11 is 0. The van der Waals surface area contributed by atoms with E-state index in [1.165, 1.54) is 10.4 Å². The van der Waals surface area contributed by atoms with Gasteiger partial charge in [0.05, 0.1) is 6.61 Å². The Balaban J connectivity index is 1.74. The monoisotopic (exact) mass is 572 g/mol. The fourth-order valence-electron chi connectivity index (χ4n) is 5.25. The Kier molecular flexibility index (Phi) is 8.61. The predicted molar refractivity (Wildman–Crippen MR) is 175 cm³/mol. The molecular formula is C35H48O3Si2. The molecule has 5 heteroatoms. The average molecular weight is 573 g/mol. The van der Waals surface area contributed by atoms with Crippen molar-refractivity contribution in [3.8, 4) is 11.5 Å². The Bertz CT molecular complexity index is 1280. The number of allylic oxidation sites excluding steroid dienone is 1. The molecule has 214 valence electrons. The quantitative estimate of drug-likeness (QED) is 0.210. The van der Waals surface area contributed by atoms with E-state index in [4.69, 9.17) is 13.6 Å². The molecule has 0 radical (unpaired) electrons. The van der Waals surface area contributed by atoms with E-state index in [0.29, 0.717) is 6.61 Å². The summed E-state index contributed by atoms with van der Waals surface area (Å²) in [7, 11) is -4.61. The highest BCUT2D eigenvalue weighted by atomic mass is 28.4. The van der Waals surface area contributed by atoms with E-state index < -0.39 is 16.6 Å². The fourth-order valence-corrected chi connectivity index (χ4v) is 10.7. The summed E-state index contributed by atoms with van der Waals surface area (Å²) in [5.41, 5.74) is 2.24. The van der Waals surface area contributed by atoms with Gasteiger partial charge in [0.25, 0.3) is 0 Å². The summed E-state index contributed by atoms with van der Waals surface area (Å²) in [6.07, 6.45) is 4.32. The second-order valence-corrected chi connectivity index (χ2v) is 22.9. The Hall–Kier alpha value is -2.61. The molecule has 1 aliphatic rings. The van der Waals surface area contributed by atoms with Gasteiger partial charge in [0.15, 0.2) is 8.32 Å². The van der Waals surface area contributed by atoms with Crippen LogP contribution in [0.4, 0.5) is 0 Å². The first-order valence-corrected chi connectivity index (χ1v) is 19.4. The van der Waals surface area contributed by atoms with Crippen molar-refractivity contribution >= 4 is 27.0 Å². The van der Waals surface area contributed by atoms with Gasteiger partial charge in [-0.15, -0.1) is 0 Å². The van der Waals surface area contributed by atoms with Gasteiger partial charge in [-0.3, -0.25) is 0 Å². The van der Waals surface area contributed by atoms with Crippen LogP contribution in [0.15, 0.2) is 84.9 Å². The lowest BCUT2D eigenvalue weighted by Gasteiger charge is -2.43. The molecule has 0 amide bonds. The number of hydrogen-bond acceptors (Lipinski definition) is 3. The van der Waals surface area contributed by atoms with Crippen LogP contribution >= 0.6 is 0 Å². The number of ether oxygens (including phenoxy) is 1. The standard InChI is InChI=1S/C35H48O3Si2/c1-26-21-22-28(25-36-39(9,10)34(3,4)5)37-33-23-27(2)32(24-31(26)33)38-40(35(6,7)8,29-17-13-11-14-18-29)30-19-15-12-16-20-30/h11-24,26,28H,25H2,1-10H3/t26-,28+/m0/s1. The van der Waals surface area contributed by atoms with Crippen molar-refractivity contribution in [2.45, 2.75) is 90.6 Å². The van der Waals surface area contributed by atoms with Crippen molar-refractivity contribution < 1.29 is 13.6 Å². The first kappa shape index (κ1) is 30.4. The van der Waals surface area contributed by atoms with Gasteiger partial charge in [-0.1, -0.05) is 115 Å². The third-order valence-electron chi connectivity index (χ3n) is 8.79. The molecule has 0 aromatic heterocycles. The van der Waals surface area contributed by atoms with Gasteiger partial charge in [0.1, 0.15) is 17.6 Å². The van der Waals surface area contributed by atoms with E-state index in [1.54, 1.807) is 0 Å². The van der Waals surface area contributed by atoms with Gasteiger partial charge in [-0.05, 0) is 64.2 Å². The molecule has 4 rings (SSSR count). The smallest absolute Gasteiger partial charge is 0.319 e. The number of fused-ring (bicyclic) bond motifs is 1. The maximum atomic E-state index is 7.42. The lowest BCUT2D eigenvalue weighted by atomic mass is 9.98. The normalized spacial score (nSPS) is 18.1. The third-order valence-corrected chi connectivity index (χ3v) is 18.2. The van der Waals surface area contributed by atoms with Crippen molar-refractivity contribution in [2.24, 2.45) is 0 Å². The highest BCUT2D eigenvalue weighted by molar-refractivity contribution is 7.00. The average Bonchev–Trinajstić information content (AvgIpc) is 3.03. The molecule has 0 unspecified atom stereocenters. The summed E-state index contributed by atoms with van der Waals surface area (Å²) in [5, 5.41) is 2.60. The van der Waals surface area contributed by atoms with E-state index in [9.17, 15) is 0 Å². The molecule has 0 aliphatic carbocycles. The molecule has 0 fully saturated rings. The molecule has 40 heavy (non-hydrogen) atoms. The molecule has 0 N–H and O–H groups in total. The summed E-state index contributed by atoms with van der Waals surface area (Å²) in [6, 6.07) is 26.1. The molecule has 3 aromatic rings. The van der Waals surface area contributed by atoms with E-state index in [1.807, 2.05) is 0 Å². The Morgan fingerprint density at radius 3 is 1.82 bits per heavy atom. The van der Waals surface area contributed by atoms with Crippen LogP contribution in [0.25, 0.3) is 0 Å². The van der Waals surface area contributed by atoms with Crippen LogP contribution in [-0.4, -0.2) is 29.3 Å². The molecule has 2 atom stereocenters. The summed E-state index contributed by atoms with van der Waals surface area (Å²) in [6.45, 7) is 23.3. The molecule has 0 spiro atoms. The minimum atomic E-state index is -2.74. The summed E-state index contributed by atoms with van der Waals surface area (Å²) in [5.74, 6) is 2.07. The molecule has 3 aromatic carbocycles. The van der Waals surface area contributed by atoms with Crippen LogP contribution in [0.1, 0.15) is 65.5 Å². The predicted octanol–water partition coefficient (Wildman–Crippen LogP) is 8.38. The summed E-state index contributed by atoms with van der Waals surface area (Å²) < 4.78 is 20.6. The van der Waals surface area contributed by atoms with Crippen LogP contribution in [0, 0.1) is 6.92 Å². The second-order valence-electron chi connectivity index (χ2n) is 13.8. The first-order chi connectivity index (χ1) is 18.7. The van der Waals surface area contributed by atoms with Crippen LogP contribution in [0.5, 0.6) is 11.5 Å². The Labute approximate surface area is 244 Å². The maximum Gasteiger partial charge on any atom is 0.319 e. The highest BCUT2D eigenvalue weighted by Crippen LogP contribution is 2.42. The van der Waals surface area contributed by atoms with Crippen LogP contribution in [-0.2, 0) is 4.43 Å². The zero-order chi connectivity index (χ0) is 29.3. The molecule has 3 nitrogen and oxygen atoms in total. The molecule has 0 saturated carbocycles. The van der Waals surface area contributed by atoms with Crippen LogP contribution in [0.2, 0.25) is 23.2 Å². The number of hydrogen-bond donors (Lipinski definition) is 0. The second kappa shape index (κ2) is 11.3. The molecule has 1 heterocycles. The molecule has 0 saturated heterocycles. The lowest BCUT2D eigenvalue weighted by Crippen LogP contribution is -2.68. The Morgan fingerprint density at radius 2 is 1.32 bits per heavy atom. The van der Waals surface area contributed by atoms with Crippen LogP contribution < -0.4 is 19.5 Å². The van der Waals surface area contributed by atoms with Crippen molar-refractivity contribution in [3.63, 3.8) is 0 Å². The highest BCUT2D eigenvalue weighted by Gasteiger charge is 2.52. The van der Waals surface area contributed by atoms with Gasteiger partial charge in [0, 0.05) is 11.5 Å². The van der Waals surface area contributed by atoms with Gasteiger partial charge >= 0.3 is 8.32 Å². The van der Waals surface area contributed by atoms with Crippen molar-refractivity contribution in [3.05, 3.63) is 96.1 Å². The van der Waals surface area contributed by atoms with Gasteiger partial charge in [0.2, 0.25) is 0 Å². The fraction of sp³-hybridized carbons (Fsp3) is 0.429. The topological polar surface area (TPSA) is 27.7 Å². The lowest BCUT2D eigenvalue weighted by molar-refractivity contribution is 0.154. The zero-order valence-electron chi connectivity index (χ0n) is 26.2. The van der Waals surface area contributed by atoms with E-state index in [2.05, 4.69) is 153 Å². The first-order valence-electron chi connectivity index (χ1n) is 14.6. The molecule has 1 aliphatic heterocycles. The van der Waals surface area contributed by atoms with Crippen LogP contribution in [0.3, 0.4) is 0 Å². The number of rotatable bonds is 7. The largest absolute Gasteiger partial charge is 0.534 e. The number of benzene rings is 3. The van der Waals surface area contributed by atoms with E-state index >= 15 is 0 Å². The molecule has 0 bridgehead atoms. The SMILES string of the molecule is Cc1cc2c(cc1O[Si](c1ccccc1)(c1ccccc1)C(C)(C)C)[C@@H](C)C=C[C@H](CO[Si](C)(C)C(C)(C)C)O2. The van der Waals surface area contributed by atoms with Gasteiger partial charge in [-0.25, -0.2) is 0 Å². The maximum absolute atomic E-state index is 7.42. The minimum absolute atomic E-state index is 0.108. The van der Waals surface area contributed by atoms with E-state index in [0.717, 1.165) is 22.6 Å². The van der Waals surface area contributed by atoms with Gasteiger partial charge < -0.3 is 13.6 Å². The number of aryl methyl sites for hydroxylation is 1. The Morgan fingerprint density at radius 1 is 0.775 bits per heavy atom. The zero-order valence-corrected chi connectivity index (χ0v) is 28.2. The van der Waals surface area contributed by atoms with Crippen molar-refractivity contribution in [2.75, 3.05) is 6.61 Å².